The summed E-state index contributed by atoms with van der Waals surface area (Å²) in [5.41, 5.74) is 1.28. The van der Waals surface area contributed by atoms with E-state index in [1.165, 1.54) is 31.2 Å². The monoisotopic (exact) mass is 293 g/mol. The number of fused-ring (bicyclic) bond motifs is 1. The van der Waals surface area contributed by atoms with Crippen LogP contribution >= 0.6 is 11.8 Å². The van der Waals surface area contributed by atoms with Gasteiger partial charge >= 0.3 is 0 Å². The fourth-order valence-electron chi connectivity index (χ4n) is 3.10. The van der Waals surface area contributed by atoms with Gasteiger partial charge in [-0.05, 0) is 56.6 Å². The maximum Gasteiger partial charge on any atom is 0.231 e. The quantitative estimate of drug-likeness (QED) is 0.916. The third kappa shape index (κ3) is 3.07. The summed E-state index contributed by atoms with van der Waals surface area (Å²) in [7, 11) is 0. The van der Waals surface area contributed by atoms with Crippen molar-refractivity contribution in [1.82, 2.24) is 5.32 Å². The average Bonchev–Trinajstić information content (AvgIpc) is 2.95. The van der Waals surface area contributed by atoms with Crippen LogP contribution in [0.5, 0.6) is 11.5 Å². The van der Waals surface area contributed by atoms with Gasteiger partial charge < -0.3 is 14.8 Å². The van der Waals surface area contributed by atoms with Gasteiger partial charge in [-0.3, -0.25) is 0 Å². The molecule has 3 nitrogen and oxygen atoms in total. The van der Waals surface area contributed by atoms with Crippen LogP contribution in [-0.4, -0.2) is 24.3 Å². The van der Waals surface area contributed by atoms with E-state index in [1.807, 2.05) is 17.8 Å². The summed E-state index contributed by atoms with van der Waals surface area (Å²) >= 11 is 2.02. The first-order valence-corrected chi connectivity index (χ1v) is 8.73. The molecule has 1 aromatic rings. The number of thioether (sulfide) groups is 1. The Bertz CT molecular complexity index is 458. The molecule has 3 rings (SSSR count). The van der Waals surface area contributed by atoms with Gasteiger partial charge in [0.1, 0.15) is 0 Å². The van der Waals surface area contributed by atoms with Crippen LogP contribution < -0.4 is 14.8 Å². The largest absolute Gasteiger partial charge is 0.454 e. The standard InChI is InChI=1S/C16H23NO2S/c1-11(17-13-4-6-14(20-2)7-5-13)12-3-8-15-16(9-12)19-10-18-15/h3,8-9,11,13-14,17H,4-7,10H2,1-2H3. The molecule has 110 valence electrons. The zero-order valence-electron chi connectivity index (χ0n) is 12.2. The van der Waals surface area contributed by atoms with Crippen molar-refractivity contribution in [1.29, 1.82) is 0 Å². The van der Waals surface area contributed by atoms with E-state index >= 15 is 0 Å². The van der Waals surface area contributed by atoms with Crippen LogP contribution in [0.15, 0.2) is 18.2 Å². The van der Waals surface area contributed by atoms with Crippen molar-refractivity contribution in [3.05, 3.63) is 23.8 Å². The highest BCUT2D eigenvalue weighted by atomic mass is 32.2. The first kappa shape index (κ1) is 14.1. The highest BCUT2D eigenvalue weighted by Gasteiger charge is 2.22. The molecule has 0 radical (unpaired) electrons. The fourth-order valence-corrected chi connectivity index (χ4v) is 3.84. The fraction of sp³-hybridized carbons (Fsp3) is 0.625. The Kier molecular flexibility index (Phi) is 4.41. The second-order valence-corrected chi connectivity index (χ2v) is 6.85. The molecule has 1 atom stereocenters. The molecule has 1 aromatic carbocycles. The van der Waals surface area contributed by atoms with E-state index in [0.29, 0.717) is 18.9 Å². The molecule has 0 saturated heterocycles. The van der Waals surface area contributed by atoms with Crippen LogP contribution in [0, 0.1) is 0 Å². The number of benzene rings is 1. The van der Waals surface area contributed by atoms with Crippen molar-refractivity contribution in [2.45, 2.75) is 49.9 Å². The summed E-state index contributed by atoms with van der Waals surface area (Å²) in [4.78, 5) is 0. The van der Waals surface area contributed by atoms with Gasteiger partial charge in [0.05, 0.1) is 0 Å². The van der Waals surface area contributed by atoms with Crippen LogP contribution in [0.3, 0.4) is 0 Å². The zero-order chi connectivity index (χ0) is 13.9. The smallest absolute Gasteiger partial charge is 0.231 e. The van der Waals surface area contributed by atoms with Crippen molar-refractivity contribution in [2.24, 2.45) is 0 Å². The van der Waals surface area contributed by atoms with Gasteiger partial charge in [0.25, 0.3) is 0 Å². The Morgan fingerprint density at radius 1 is 1.15 bits per heavy atom. The summed E-state index contributed by atoms with van der Waals surface area (Å²) in [5, 5.41) is 4.63. The molecule has 0 amide bonds. The SMILES string of the molecule is CSC1CCC(NC(C)c2ccc3c(c2)OCO3)CC1. The van der Waals surface area contributed by atoms with Crippen LogP contribution in [0.1, 0.15) is 44.2 Å². The topological polar surface area (TPSA) is 30.5 Å². The lowest BCUT2D eigenvalue weighted by Crippen LogP contribution is -2.35. The van der Waals surface area contributed by atoms with Gasteiger partial charge in [-0.25, -0.2) is 0 Å². The molecule has 1 fully saturated rings. The van der Waals surface area contributed by atoms with Gasteiger partial charge in [-0.15, -0.1) is 0 Å². The number of ether oxygens (including phenoxy) is 2. The number of rotatable bonds is 4. The molecule has 1 heterocycles. The molecule has 2 aliphatic rings. The van der Waals surface area contributed by atoms with Gasteiger partial charge in [0, 0.05) is 17.3 Å². The van der Waals surface area contributed by atoms with Crippen molar-refractivity contribution >= 4 is 11.8 Å². The summed E-state index contributed by atoms with van der Waals surface area (Å²) in [5.74, 6) is 1.74. The molecule has 20 heavy (non-hydrogen) atoms. The molecular weight excluding hydrogens is 270 g/mol. The first-order valence-electron chi connectivity index (χ1n) is 7.44. The third-order valence-corrected chi connectivity index (χ3v) is 5.53. The lowest BCUT2D eigenvalue weighted by atomic mass is 9.93. The van der Waals surface area contributed by atoms with Crippen molar-refractivity contribution in [3.63, 3.8) is 0 Å². The maximum atomic E-state index is 5.46. The normalized spacial score (nSPS) is 26.5. The molecule has 1 unspecified atom stereocenters. The van der Waals surface area contributed by atoms with E-state index in [9.17, 15) is 0 Å². The number of hydrogen-bond donors (Lipinski definition) is 1. The Balaban J connectivity index is 1.58. The van der Waals surface area contributed by atoms with E-state index in [4.69, 9.17) is 9.47 Å². The van der Waals surface area contributed by atoms with E-state index in [0.717, 1.165) is 16.7 Å². The molecule has 0 aromatic heterocycles. The van der Waals surface area contributed by atoms with Gasteiger partial charge in [-0.2, -0.15) is 11.8 Å². The minimum Gasteiger partial charge on any atom is -0.454 e. The highest BCUT2D eigenvalue weighted by molar-refractivity contribution is 7.99. The second kappa shape index (κ2) is 6.27. The number of hydrogen-bond acceptors (Lipinski definition) is 4. The Morgan fingerprint density at radius 3 is 2.65 bits per heavy atom. The molecule has 1 aliphatic carbocycles. The third-order valence-electron chi connectivity index (χ3n) is 4.39. The Hall–Kier alpha value is -0.870. The molecule has 1 aliphatic heterocycles. The van der Waals surface area contributed by atoms with Gasteiger partial charge in [0.2, 0.25) is 6.79 Å². The minimum atomic E-state index is 0.347. The summed E-state index contributed by atoms with van der Waals surface area (Å²) < 4.78 is 10.8. The summed E-state index contributed by atoms with van der Waals surface area (Å²) in [6, 6.07) is 7.27. The van der Waals surface area contributed by atoms with Crippen molar-refractivity contribution < 1.29 is 9.47 Å². The average molecular weight is 293 g/mol. The van der Waals surface area contributed by atoms with Gasteiger partial charge in [-0.1, -0.05) is 6.07 Å². The zero-order valence-corrected chi connectivity index (χ0v) is 13.0. The molecule has 4 heteroatoms. The maximum absolute atomic E-state index is 5.46. The van der Waals surface area contributed by atoms with Gasteiger partial charge in [0.15, 0.2) is 11.5 Å². The minimum absolute atomic E-state index is 0.347. The van der Waals surface area contributed by atoms with Crippen LogP contribution in [0.4, 0.5) is 0 Å². The molecule has 0 bridgehead atoms. The van der Waals surface area contributed by atoms with E-state index in [2.05, 4.69) is 30.6 Å². The van der Waals surface area contributed by atoms with E-state index in [-0.39, 0.29) is 0 Å². The van der Waals surface area contributed by atoms with Crippen LogP contribution in [0.2, 0.25) is 0 Å². The van der Waals surface area contributed by atoms with E-state index in [1.54, 1.807) is 0 Å². The highest BCUT2D eigenvalue weighted by Crippen LogP contribution is 2.35. The lowest BCUT2D eigenvalue weighted by molar-refractivity contribution is 0.174. The second-order valence-electron chi connectivity index (χ2n) is 5.71. The summed E-state index contributed by atoms with van der Waals surface area (Å²) in [6.45, 7) is 2.58. The summed E-state index contributed by atoms with van der Waals surface area (Å²) in [6.07, 6.45) is 7.49. The van der Waals surface area contributed by atoms with Crippen molar-refractivity contribution in [2.75, 3.05) is 13.0 Å². The lowest BCUT2D eigenvalue weighted by Gasteiger charge is -2.30. The van der Waals surface area contributed by atoms with Crippen LogP contribution in [0.25, 0.3) is 0 Å². The Morgan fingerprint density at radius 2 is 1.90 bits per heavy atom. The van der Waals surface area contributed by atoms with Crippen LogP contribution in [-0.2, 0) is 0 Å². The van der Waals surface area contributed by atoms with Crippen molar-refractivity contribution in [3.8, 4) is 11.5 Å². The number of nitrogens with one attached hydrogen (secondary N) is 1. The predicted molar refractivity (Wildman–Crippen MR) is 83.7 cm³/mol. The molecule has 1 saturated carbocycles. The Labute approximate surface area is 125 Å². The first-order chi connectivity index (χ1) is 9.76. The molecule has 1 N–H and O–H groups in total. The van der Waals surface area contributed by atoms with E-state index < -0.39 is 0 Å². The predicted octanol–water partition coefficient (Wildman–Crippen LogP) is 3.74. The molecular formula is C16H23NO2S. The molecule has 0 spiro atoms.